The zero-order chi connectivity index (χ0) is 17.4. The Balaban J connectivity index is 1.93. The van der Waals surface area contributed by atoms with Crippen LogP contribution < -0.4 is 4.74 Å². The van der Waals surface area contributed by atoms with Crippen LogP contribution >= 0.6 is 0 Å². The molecule has 7 heteroatoms. The van der Waals surface area contributed by atoms with Crippen molar-refractivity contribution in [2.45, 2.75) is 30.8 Å². The summed E-state index contributed by atoms with van der Waals surface area (Å²) >= 11 is 0. The summed E-state index contributed by atoms with van der Waals surface area (Å²) in [6.07, 6.45) is 1.59. The lowest BCUT2D eigenvalue weighted by Crippen LogP contribution is -2.53. The van der Waals surface area contributed by atoms with Crippen LogP contribution in [0.4, 0.5) is 0 Å². The van der Waals surface area contributed by atoms with Crippen LogP contribution in [0.25, 0.3) is 0 Å². The van der Waals surface area contributed by atoms with Gasteiger partial charge in [-0.2, -0.15) is 4.31 Å². The summed E-state index contributed by atoms with van der Waals surface area (Å²) in [7, 11) is -0.469. The lowest BCUT2D eigenvalue weighted by molar-refractivity contribution is -0.0358. The van der Waals surface area contributed by atoms with Gasteiger partial charge >= 0.3 is 0 Å². The largest absolute Gasteiger partial charge is 0.495 e. The smallest absolute Gasteiger partial charge is 0.246 e. The molecule has 0 radical (unpaired) electrons. The molecule has 0 spiro atoms. The monoisotopic (exact) mass is 355 g/mol. The Morgan fingerprint density at radius 3 is 2.88 bits per heavy atom. The molecule has 1 aromatic carbocycles. The first-order valence-electron chi connectivity index (χ1n) is 8.18. The predicted molar refractivity (Wildman–Crippen MR) is 89.8 cm³/mol. The van der Waals surface area contributed by atoms with Gasteiger partial charge in [-0.15, -0.1) is 0 Å². The fourth-order valence-electron chi connectivity index (χ4n) is 3.83. The summed E-state index contributed by atoms with van der Waals surface area (Å²) in [5.41, 5.74) is 0.711. The molecule has 2 atom stereocenters. The number of sulfonamides is 1. The van der Waals surface area contributed by atoms with E-state index >= 15 is 0 Å². The van der Waals surface area contributed by atoms with Crippen LogP contribution in [0, 0.1) is 12.3 Å². The molecule has 2 saturated heterocycles. The van der Waals surface area contributed by atoms with Crippen LogP contribution in [0.3, 0.4) is 0 Å². The second-order valence-corrected chi connectivity index (χ2v) is 8.59. The highest BCUT2D eigenvalue weighted by atomic mass is 32.2. The minimum absolute atomic E-state index is 0.0730. The standard InChI is InChI=1S/C17H25NO5S/c1-13-4-5-15(14(10-13)22-3)24(19,20)18-8-6-16-17(11-18,12-21-2)7-9-23-16/h4-5,10,16H,6-9,11-12H2,1-3H3/t16-,17+/m1/s1. The van der Waals surface area contributed by atoms with Crippen LogP contribution in [0.1, 0.15) is 18.4 Å². The molecule has 0 saturated carbocycles. The normalized spacial score (nSPS) is 27.9. The first-order chi connectivity index (χ1) is 11.4. The maximum absolute atomic E-state index is 13.2. The van der Waals surface area contributed by atoms with E-state index < -0.39 is 10.0 Å². The lowest BCUT2D eigenvalue weighted by atomic mass is 9.78. The molecule has 2 aliphatic heterocycles. The van der Waals surface area contributed by atoms with E-state index in [-0.39, 0.29) is 16.4 Å². The third kappa shape index (κ3) is 2.94. The average molecular weight is 355 g/mol. The van der Waals surface area contributed by atoms with Gasteiger partial charge in [0.2, 0.25) is 10.0 Å². The summed E-state index contributed by atoms with van der Waals surface area (Å²) in [5, 5.41) is 0. The molecule has 3 rings (SSSR count). The van der Waals surface area contributed by atoms with E-state index in [0.29, 0.717) is 38.5 Å². The minimum Gasteiger partial charge on any atom is -0.495 e. The Hall–Kier alpha value is -1.15. The zero-order valence-corrected chi connectivity index (χ0v) is 15.3. The summed E-state index contributed by atoms with van der Waals surface area (Å²) in [5.74, 6) is 0.389. The molecule has 134 valence electrons. The van der Waals surface area contributed by atoms with E-state index in [2.05, 4.69) is 0 Å². The molecule has 1 aromatic rings. The van der Waals surface area contributed by atoms with Crippen LogP contribution in [0.2, 0.25) is 0 Å². The highest BCUT2D eigenvalue weighted by Crippen LogP contribution is 2.43. The highest BCUT2D eigenvalue weighted by Gasteiger charge is 2.50. The van der Waals surface area contributed by atoms with Gasteiger partial charge in [-0.1, -0.05) is 6.07 Å². The van der Waals surface area contributed by atoms with Crippen molar-refractivity contribution >= 4 is 10.0 Å². The van der Waals surface area contributed by atoms with Gasteiger partial charge in [0, 0.05) is 32.2 Å². The van der Waals surface area contributed by atoms with E-state index in [1.807, 2.05) is 6.92 Å². The van der Waals surface area contributed by atoms with Gasteiger partial charge in [-0.25, -0.2) is 8.42 Å². The number of piperidine rings is 1. The molecule has 0 N–H and O–H groups in total. The molecule has 2 fully saturated rings. The van der Waals surface area contributed by atoms with Crippen LogP contribution in [0.15, 0.2) is 23.1 Å². The Bertz CT molecular complexity index is 705. The van der Waals surface area contributed by atoms with Crippen molar-refractivity contribution < 1.29 is 22.6 Å². The summed E-state index contributed by atoms with van der Waals surface area (Å²) in [6, 6.07) is 5.18. The van der Waals surface area contributed by atoms with E-state index in [1.54, 1.807) is 29.6 Å². The molecule has 0 bridgehead atoms. The van der Waals surface area contributed by atoms with Gasteiger partial charge in [0.25, 0.3) is 0 Å². The summed E-state index contributed by atoms with van der Waals surface area (Å²) in [6.45, 7) is 3.96. The molecule has 0 aliphatic carbocycles. The van der Waals surface area contributed by atoms with Crippen molar-refractivity contribution in [3.63, 3.8) is 0 Å². The zero-order valence-electron chi connectivity index (χ0n) is 14.4. The number of fused-ring (bicyclic) bond motifs is 1. The van der Waals surface area contributed by atoms with Crippen LogP contribution in [-0.2, 0) is 19.5 Å². The van der Waals surface area contributed by atoms with Crippen molar-refractivity contribution in [2.75, 3.05) is 40.5 Å². The highest BCUT2D eigenvalue weighted by molar-refractivity contribution is 7.89. The molecule has 0 unspecified atom stereocenters. The third-order valence-electron chi connectivity index (χ3n) is 5.10. The van der Waals surface area contributed by atoms with Crippen molar-refractivity contribution in [3.8, 4) is 5.75 Å². The minimum atomic E-state index is -3.62. The SMILES string of the molecule is COC[C@@]12CCO[C@@H]1CCN(S(=O)(=O)c1ccc(C)cc1OC)C2. The van der Waals surface area contributed by atoms with E-state index in [9.17, 15) is 8.42 Å². The second kappa shape index (κ2) is 6.63. The number of hydrogen-bond donors (Lipinski definition) is 0. The number of methoxy groups -OCH3 is 2. The topological polar surface area (TPSA) is 65.1 Å². The Morgan fingerprint density at radius 2 is 2.17 bits per heavy atom. The number of hydrogen-bond acceptors (Lipinski definition) is 5. The van der Waals surface area contributed by atoms with E-state index in [4.69, 9.17) is 14.2 Å². The first-order valence-corrected chi connectivity index (χ1v) is 9.62. The lowest BCUT2D eigenvalue weighted by Gasteiger charge is -2.42. The number of ether oxygens (including phenoxy) is 3. The number of benzene rings is 1. The Morgan fingerprint density at radius 1 is 1.38 bits per heavy atom. The molecular formula is C17H25NO5S. The average Bonchev–Trinajstić information content (AvgIpc) is 2.97. The summed E-state index contributed by atoms with van der Waals surface area (Å²) < 4.78 is 44.4. The van der Waals surface area contributed by atoms with E-state index in [1.165, 1.54) is 7.11 Å². The maximum atomic E-state index is 13.2. The third-order valence-corrected chi connectivity index (χ3v) is 6.99. The van der Waals surface area contributed by atoms with Crippen LogP contribution in [0.5, 0.6) is 5.75 Å². The van der Waals surface area contributed by atoms with Gasteiger partial charge < -0.3 is 14.2 Å². The van der Waals surface area contributed by atoms with Gasteiger partial charge in [0.1, 0.15) is 10.6 Å². The van der Waals surface area contributed by atoms with Crippen molar-refractivity contribution in [1.82, 2.24) is 4.31 Å². The molecule has 6 nitrogen and oxygen atoms in total. The molecule has 0 aromatic heterocycles. The van der Waals surface area contributed by atoms with Gasteiger partial charge in [0.15, 0.2) is 0 Å². The van der Waals surface area contributed by atoms with Gasteiger partial charge in [0.05, 0.1) is 19.8 Å². The Kier molecular flexibility index (Phi) is 4.88. The van der Waals surface area contributed by atoms with Crippen molar-refractivity contribution in [2.24, 2.45) is 5.41 Å². The number of aryl methyl sites for hydroxylation is 1. The molecule has 24 heavy (non-hydrogen) atoms. The number of nitrogens with zero attached hydrogens (tertiary/aromatic N) is 1. The van der Waals surface area contributed by atoms with Crippen molar-refractivity contribution in [1.29, 1.82) is 0 Å². The van der Waals surface area contributed by atoms with Crippen molar-refractivity contribution in [3.05, 3.63) is 23.8 Å². The quantitative estimate of drug-likeness (QED) is 0.806. The molecule has 2 aliphatic rings. The fourth-order valence-corrected chi connectivity index (χ4v) is 5.52. The predicted octanol–water partition coefficient (Wildman–Crippen LogP) is 1.82. The number of rotatable bonds is 5. The Labute approximate surface area is 143 Å². The summed E-state index contributed by atoms with van der Waals surface area (Å²) in [4.78, 5) is 0.223. The van der Waals surface area contributed by atoms with E-state index in [0.717, 1.165) is 12.0 Å². The molecular weight excluding hydrogens is 330 g/mol. The maximum Gasteiger partial charge on any atom is 0.246 e. The fraction of sp³-hybridized carbons (Fsp3) is 0.647. The van der Waals surface area contributed by atoms with Crippen LogP contribution in [-0.4, -0.2) is 59.3 Å². The molecule has 0 amide bonds. The first kappa shape index (κ1) is 17.7. The van der Waals surface area contributed by atoms with Gasteiger partial charge in [-0.05, 0) is 37.5 Å². The van der Waals surface area contributed by atoms with Gasteiger partial charge in [-0.3, -0.25) is 0 Å². The molecule has 2 heterocycles. The second-order valence-electron chi connectivity index (χ2n) is 6.69.